The van der Waals surface area contributed by atoms with Crippen LogP contribution in [0.1, 0.15) is 21.5 Å². The fourth-order valence-electron chi connectivity index (χ4n) is 2.44. The number of hydrogen-bond acceptors (Lipinski definition) is 5. The van der Waals surface area contributed by atoms with Gasteiger partial charge in [-0.25, -0.2) is 4.79 Å². The van der Waals surface area contributed by atoms with Gasteiger partial charge in [0.05, 0.1) is 17.2 Å². The maximum Gasteiger partial charge on any atom is 0.338 e. The molecule has 0 aromatic heterocycles. The lowest BCUT2D eigenvalue weighted by atomic mass is 10.1. The third-order valence-electron chi connectivity index (χ3n) is 3.98. The van der Waals surface area contributed by atoms with E-state index in [1.807, 2.05) is 37.3 Å². The van der Waals surface area contributed by atoms with Crippen molar-refractivity contribution in [1.82, 2.24) is 0 Å². The topological polar surface area (TPSA) is 88.4 Å². The zero-order chi connectivity index (χ0) is 20.6. The highest BCUT2D eigenvalue weighted by atomic mass is 16.5. The van der Waals surface area contributed by atoms with E-state index in [-0.39, 0.29) is 5.56 Å². The number of benzene rings is 3. The summed E-state index contributed by atoms with van der Waals surface area (Å²) in [5.74, 6) is 0.270. The summed E-state index contributed by atoms with van der Waals surface area (Å²) in [6.07, 6.45) is 0. The van der Waals surface area contributed by atoms with Gasteiger partial charge in [-0.05, 0) is 67.6 Å². The lowest BCUT2D eigenvalue weighted by molar-refractivity contribution is -0.119. The van der Waals surface area contributed by atoms with Crippen molar-refractivity contribution < 1.29 is 19.1 Å². The second-order valence-electron chi connectivity index (χ2n) is 6.25. The third-order valence-corrected chi connectivity index (χ3v) is 3.98. The first-order valence-electron chi connectivity index (χ1n) is 8.85. The van der Waals surface area contributed by atoms with E-state index in [2.05, 4.69) is 5.32 Å². The van der Waals surface area contributed by atoms with E-state index in [4.69, 9.17) is 14.7 Å². The number of hydrogen-bond donors (Lipinski definition) is 1. The summed E-state index contributed by atoms with van der Waals surface area (Å²) in [4.78, 5) is 23.9. The lowest BCUT2D eigenvalue weighted by Gasteiger charge is -2.09. The van der Waals surface area contributed by atoms with E-state index in [0.717, 1.165) is 11.3 Å². The molecule has 6 heteroatoms. The molecule has 0 saturated carbocycles. The number of amides is 1. The van der Waals surface area contributed by atoms with Crippen LogP contribution in [0.15, 0.2) is 72.8 Å². The summed E-state index contributed by atoms with van der Waals surface area (Å²) in [5.41, 5.74) is 2.42. The molecule has 0 aliphatic carbocycles. The van der Waals surface area contributed by atoms with Gasteiger partial charge in [0.1, 0.15) is 11.5 Å². The van der Waals surface area contributed by atoms with E-state index in [1.165, 1.54) is 24.3 Å². The van der Waals surface area contributed by atoms with Gasteiger partial charge in [0.15, 0.2) is 6.61 Å². The van der Waals surface area contributed by atoms with Crippen molar-refractivity contribution in [1.29, 1.82) is 5.26 Å². The summed E-state index contributed by atoms with van der Waals surface area (Å²) in [6.45, 7) is 1.59. The Morgan fingerprint density at radius 3 is 2.07 bits per heavy atom. The molecule has 0 unspecified atom stereocenters. The Bertz CT molecular complexity index is 1030. The molecule has 0 saturated heterocycles. The van der Waals surface area contributed by atoms with Crippen molar-refractivity contribution in [3.05, 3.63) is 89.5 Å². The van der Waals surface area contributed by atoms with Crippen molar-refractivity contribution in [3.8, 4) is 17.6 Å². The smallest absolute Gasteiger partial charge is 0.338 e. The monoisotopic (exact) mass is 386 g/mol. The number of carbonyl (C=O) groups excluding carboxylic acids is 2. The van der Waals surface area contributed by atoms with Crippen molar-refractivity contribution in [2.24, 2.45) is 0 Å². The Kier molecular flexibility index (Phi) is 6.23. The number of nitrogens with zero attached hydrogens (tertiary/aromatic N) is 1. The summed E-state index contributed by atoms with van der Waals surface area (Å²) >= 11 is 0. The number of aryl methyl sites for hydroxylation is 1. The molecule has 1 amide bonds. The fourth-order valence-corrected chi connectivity index (χ4v) is 2.44. The van der Waals surface area contributed by atoms with Crippen molar-refractivity contribution in [2.75, 3.05) is 11.9 Å². The molecule has 0 aliphatic rings. The molecule has 3 aromatic rings. The maximum atomic E-state index is 12.0. The SMILES string of the molecule is Cc1ccc(Oc2ccc(NC(=O)COC(=O)c3ccc(C#N)cc3)cc2)cc1. The zero-order valence-corrected chi connectivity index (χ0v) is 15.7. The van der Waals surface area contributed by atoms with Crippen LogP contribution < -0.4 is 10.1 Å². The first-order chi connectivity index (χ1) is 14.0. The fraction of sp³-hybridized carbons (Fsp3) is 0.0870. The molecule has 0 aliphatic heterocycles. The number of rotatable bonds is 6. The average molecular weight is 386 g/mol. The van der Waals surface area contributed by atoms with E-state index in [1.54, 1.807) is 24.3 Å². The second-order valence-corrected chi connectivity index (χ2v) is 6.25. The van der Waals surface area contributed by atoms with E-state index >= 15 is 0 Å². The molecule has 29 heavy (non-hydrogen) atoms. The van der Waals surface area contributed by atoms with Crippen LogP contribution in [0, 0.1) is 18.3 Å². The van der Waals surface area contributed by atoms with Crippen LogP contribution in [-0.2, 0) is 9.53 Å². The standard InChI is InChI=1S/C23H18N2O4/c1-16-2-10-20(11-3-16)29-21-12-8-19(9-13-21)25-22(26)15-28-23(27)18-6-4-17(14-24)5-7-18/h2-13H,15H2,1H3,(H,25,26). The number of esters is 1. The molecule has 0 heterocycles. The minimum absolute atomic E-state index is 0.273. The van der Waals surface area contributed by atoms with Crippen LogP contribution >= 0.6 is 0 Å². The Hall–Kier alpha value is -4.11. The number of nitriles is 1. The molecule has 3 rings (SSSR count). The van der Waals surface area contributed by atoms with E-state index in [9.17, 15) is 9.59 Å². The molecule has 144 valence electrons. The van der Waals surface area contributed by atoms with E-state index < -0.39 is 18.5 Å². The van der Waals surface area contributed by atoms with Crippen LogP contribution in [-0.4, -0.2) is 18.5 Å². The molecule has 0 bridgehead atoms. The highest BCUT2D eigenvalue weighted by Crippen LogP contribution is 2.23. The van der Waals surface area contributed by atoms with Gasteiger partial charge in [-0.2, -0.15) is 5.26 Å². The van der Waals surface area contributed by atoms with Gasteiger partial charge in [0.25, 0.3) is 5.91 Å². The molecule has 6 nitrogen and oxygen atoms in total. The summed E-state index contributed by atoms with van der Waals surface area (Å²) < 4.78 is 10.7. The van der Waals surface area contributed by atoms with Gasteiger partial charge in [-0.3, -0.25) is 4.79 Å². The number of anilines is 1. The Morgan fingerprint density at radius 2 is 1.48 bits per heavy atom. The van der Waals surface area contributed by atoms with Gasteiger partial charge >= 0.3 is 5.97 Å². The minimum Gasteiger partial charge on any atom is -0.457 e. The van der Waals surface area contributed by atoms with Gasteiger partial charge in [-0.15, -0.1) is 0 Å². The van der Waals surface area contributed by atoms with Crippen molar-refractivity contribution in [2.45, 2.75) is 6.92 Å². The molecular formula is C23H18N2O4. The lowest BCUT2D eigenvalue weighted by Crippen LogP contribution is -2.20. The summed E-state index contributed by atoms with van der Waals surface area (Å²) in [6, 6.07) is 22.5. The Labute approximate surface area is 168 Å². The van der Waals surface area contributed by atoms with Crippen LogP contribution in [0.25, 0.3) is 0 Å². The molecule has 0 radical (unpaired) electrons. The van der Waals surface area contributed by atoms with Gasteiger partial charge < -0.3 is 14.8 Å². The average Bonchev–Trinajstić information content (AvgIpc) is 2.75. The highest BCUT2D eigenvalue weighted by molar-refractivity contribution is 5.95. The summed E-state index contributed by atoms with van der Waals surface area (Å²) in [7, 11) is 0. The maximum absolute atomic E-state index is 12.0. The number of carbonyl (C=O) groups is 2. The zero-order valence-electron chi connectivity index (χ0n) is 15.7. The quantitative estimate of drug-likeness (QED) is 0.632. The van der Waals surface area contributed by atoms with Gasteiger partial charge in [-0.1, -0.05) is 17.7 Å². The molecule has 0 atom stereocenters. The van der Waals surface area contributed by atoms with Crippen LogP contribution in [0.4, 0.5) is 5.69 Å². The molecular weight excluding hydrogens is 368 g/mol. The first-order valence-corrected chi connectivity index (χ1v) is 8.85. The first kappa shape index (κ1) is 19.6. The molecule has 1 N–H and O–H groups in total. The highest BCUT2D eigenvalue weighted by Gasteiger charge is 2.10. The predicted octanol–water partition coefficient (Wildman–Crippen LogP) is 4.45. The Balaban J connectivity index is 1.49. The summed E-state index contributed by atoms with van der Waals surface area (Å²) in [5, 5.41) is 11.4. The number of ether oxygens (including phenoxy) is 2. The third kappa shape index (κ3) is 5.68. The molecule has 0 spiro atoms. The number of nitrogens with one attached hydrogen (secondary N) is 1. The van der Waals surface area contributed by atoms with Gasteiger partial charge in [0.2, 0.25) is 0 Å². The largest absolute Gasteiger partial charge is 0.457 e. The van der Waals surface area contributed by atoms with E-state index in [0.29, 0.717) is 17.0 Å². The molecule has 3 aromatic carbocycles. The second kappa shape index (κ2) is 9.20. The van der Waals surface area contributed by atoms with Crippen LogP contribution in [0.2, 0.25) is 0 Å². The van der Waals surface area contributed by atoms with Gasteiger partial charge in [0, 0.05) is 5.69 Å². The molecule has 0 fully saturated rings. The minimum atomic E-state index is -0.633. The van der Waals surface area contributed by atoms with Crippen LogP contribution in [0.5, 0.6) is 11.5 Å². The normalized spacial score (nSPS) is 9.93. The predicted molar refractivity (Wildman–Crippen MR) is 108 cm³/mol. The van der Waals surface area contributed by atoms with Crippen LogP contribution in [0.3, 0.4) is 0 Å². The Morgan fingerprint density at radius 1 is 0.897 bits per heavy atom. The van der Waals surface area contributed by atoms with Crippen molar-refractivity contribution >= 4 is 17.6 Å². The van der Waals surface area contributed by atoms with Crippen molar-refractivity contribution in [3.63, 3.8) is 0 Å².